The lowest BCUT2D eigenvalue weighted by Gasteiger charge is -2.35. The Kier molecular flexibility index (Phi) is 4.74. The van der Waals surface area contributed by atoms with E-state index >= 15 is 0 Å². The second-order valence-corrected chi connectivity index (χ2v) is 4.70. The first-order chi connectivity index (χ1) is 6.18. The van der Waals surface area contributed by atoms with Crippen molar-refractivity contribution in [1.29, 1.82) is 0 Å². The van der Waals surface area contributed by atoms with E-state index in [-0.39, 0.29) is 0 Å². The summed E-state index contributed by atoms with van der Waals surface area (Å²) >= 11 is 0. The lowest BCUT2D eigenvalue weighted by Crippen LogP contribution is -2.45. The summed E-state index contributed by atoms with van der Waals surface area (Å²) < 4.78 is 5.61. The summed E-state index contributed by atoms with van der Waals surface area (Å²) in [6, 6.07) is 0. The molecule has 0 aromatic rings. The number of rotatable bonds is 6. The van der Waals surface area contributed by atoms with Gasteiger partial charge in [0.15, 0.2) is 0 Å². The van der Waals surface area contributed by atoms with Crippen LogP contribution in [-0.2, 0) is 4.74 Å². The first kappa shape index (κ1) is 11.0. The van der Waals surface area contributed by atoms with Crippen LogP contribution in [0, 0.1) is 11.8 Å². The van der Waals surface area contributed by atoms with Gasteiger partial charge in [-0.15, -0.1) is 0 Å². The van der Waals surface area contributed by atoms with Crippen LogP contribution < -0.4 is 0 Å². The number of likely N-dealkylation sites (tertiary alicyclic amines) is 1. The normalized spacial score (nSPS) is 19.4. The van der Waals surface area contributed by atoms with Crippen LogP contribution in [0.1, 0.15) is 26.7 Å². The van der Waals surface area contributed by atoms with E-state index in [0.29, 0.717) is 0 Å². The molecule has 1 fully saturated rings. The summed E-state index contributed by atoms with van der Waals surface area (Å²) in [5.41, 5.74) is 0. The Labute approximate surface area is 82.3 Å². The third-order valence-electron chi connectivity index (χ3n) is 2.56. The highest BCUT2D eigenvalue weighted by Gasteiger charge is 2.22. The lowest BCUT2D eigenvalue weighted by atomic mass is 10.0. The second kappa shape index (κ2) is 5.61. The molecule has 2 heteroatoms. The fraction of sp³-hybridized carbons (Fsp3) is 1.00. The molecule has 0 aromatic heterocycles. The molecule has 0 saturated carbocycles. The third-order valence-corrected chi connectivity index (χ3v) is 2.56. The van der Waals surface area contributed by atoms with E-state index in [0.717, 1.165) is 25.0 Å². The lowest BCUT2D eigenvalue weighted by molar-refractivity contribution is 0.0259. The van der Waals surface area contributed by atoms with E-state index in [1.807, 2.05) is 0 Å². The maximum absolute atomic E-state index is 5.61. The molecule has 0 spiro atoms. The minimum absolute atomic E-state index is 0.809. The van der Waals surface area contributed by atoms with Crippen molar-refractivity contribution in [3.63, 3.8) is 0 Å². The summed E-state index contributed by atoms with van der Waals surface area (Å²) in [6.45, 7) is 8.91. The molecule has 1 rings (SSSR count). The molecule has 2 nitrogen and oxygen atoms in total. The van der Waals surface area contributed by atoms with E-state index in [2.05, 4.69) is 25.8 Å². The van der Waals surface area contributed by atoms with Crippen molar-refractivity contribution in [2.75, 3.05) is 33.4 Å². The standard InChI is InChI=1S/C11H23NO/c1-10(2)5-4-6-13-9-11-7-12(3)8-11/h10-11H,4-9H2,1-3H3. The zero-order valence-electron chi connectivity index (χ0n) is 9.25. The van der Waals surface area contributed by atoms with Crippen LogP contribution >= 0.6 is 0 Å². The van der Waals surface area contributed by atoms with Gasteiger partial charge in [0.25, 0.3) is 0 Å². The minimum atomic E-state index is 0.809. The first-order valence-electron chi connectivity index (χ1n) is 5.44. The zero-order valence-corrected chi connectivity index (χ0v) is 9.25. The van der Waals surface area contributed by atoms with Gasteiger partial charge in [-0.25, -0.2) is 0 Å². The Morgan fingerprint density at radius 1 is 1.38 bits per heavy atom. The topological polar surface area (TPSA) is 12.5 Å². The van der Waals surface area contributed by atoms with E-state index in [1.165, 1.54) is 25.9 Å². The second-order valence-electron chi connectivity index (χ2n) is 4.70. The SMILES string of the molecule is CC(C)CCCOCC1CN(C)C1. The van der Waals surface area contributed by atoms with Crippen LogP contribution in [0.5, 0.6) is 0 Å². The average Bonchev–Trinajstić information content (AvgIpc) is 1.99. The third kappa shape index (κ3) is 4.63. The Balaban J connectivity index is 1.79. The molecule has 0 bridgehead atoms. The maximum Gasteiger partial charge on any atom is 0.0518 e. The van der Waals surface area contributed by atoms with E-state index in [9.17, 15) is 0 Å². The van der Waals surface area contributed by atoms with Crippen molar-refractivity contribution in [2.45, 2.75) is 26.7 Å². The molecule has 1 saturated heterocycles. The molecule has 0 aliphatic carbocycles. The summed E-state index contributed by atoms with van der Waals surface area (Å²) in [5, 5.41) is 0. The quantitative estimate of drug-likeness (QED) is 0.587. The van der Waals surface area contributed by atoms with Crippen LogP contribution in [0.25, 0.3) is 0 Å². The van der Waals surface area contributed by atoms with Crippen molar-refractivity contribution in [3.8, 4) is 0 Å². The van der Waals surface area contributed by atoms with Gasteiger partial charge in [0, 0.05) is 25.6 Å². The van der Waals surface area contributed by atoms with Gasteiger partial charge in [-0.05, 0) is 25.8 Å². The number of hydrogen-bond donors (Lipinski definition) is 0. The molecular weight excluding hydrogens is 162 g/mol. The molecule has 0 atom stereocenters. The molecule has 0 aromatic carbocycles. The van der Waals surface area contributed by atoms with Crippen molar-refractivity contribution >= 4 is 0 Å². The van der Waals surface area contributed by atoms with Crippen molar-refractivity contribution in [3.05, 3.63) is 0 Å². The molecule has 1 aliphatic rings. The highest BCUT2D eigenvalue weighted by Crippen LogP contribution is 2.13. The molecule has 1 heterocycles. The molecule has 78 valence electrons. The minimum Gasteiger partial charge on any atom is -0.381 e. The number of hydrogen-bond acceptors (Lipinski definition) is 2. The molecular formula is C11H23NO. The first-order valence-corrected chi connectivity index (χ1v) is 5.44. The van der Waals surface area contributed by atoms with E-state index < -0.39 is 0 Å². The number of ether oxygens (including phenoxy) is 1. The zero-order chi connectivity index (χ0) is 9.68. The largest absolute Gasteiger partial charge is 0.381 e. The maximum atomic E-state index is 5.61. The van der Waals surface area contributed by atoms with Gasteiger partial charge in [0.2, 0.25) is 0 Å². The van der Waals surface area contributed by atoms with Gasteiger partial charge in [-0.3, -0.25) is 0 Å². The number of nitrogens with zero attached hydrogens (tertiary/aromatic N) is 1. The smallest absolute Gasteiger partial charge is 0.0518 e. The monoisotopic (exact) mass is 185 g/mol. The van der Waals surface area contributed by atoms with Gasteiger partial charge >= 0.3 is 0 Å². The van der Waals surface area contributed by atoms with E-state index in [1.54, 1.807) is 0 Å². The molecule has 13 heavy (non-hydrogen) atoms. The summed E-state index contributed by atoms with van der Waals surface area (Å²) in [7, 11) is 2.16. The summed E-state index contributed by atoms with van der Waals surface area (Å²) in [5.74, 6) is 1.63. The Bertz CT molecular complexity index is 130. The van der Waals surface area contributed by atoms with Crippen LogP contribution in [0.4, 0.5) is 0 Å². The summed E-state index contributed by atoms with van der Waals surface area (Å²) in [6.07, 6.45) is 2.52. The van der Waals surface area contributed by atoms with Crippen LogP contribution in [0.15, 0.2) is 0 Å². The van der Waals surface area contributed by atoms with Crippen LogP contribution in [0.3, 0.4) is 0 Å². The van der Waals surface area contributed by atoms with Crippen molar-refractivity contribution < 1.29 is 4.74 Å². The van der Waals surface area contributed by atoms with Gasteiger partial charge in [0.1, 0.15) is 0 Å². The van der Waals surface area contributed by atoms with Gasteiger partial charge in [-0.1, -0.05) is 13.8 Å². The van der Waals surface area contributed by atoms with E-state index in [4.69, 9.17) is 4.74 Å². The van der Waals surface area contributed by atoms with Crippen LogP contribution in [0.2, 0.25) is 0 Å². The summed E-state index contributed by atoms with van der Waals surface area (Å²) in [4.78, 5) is 2.34. The fourth-order valence-electron chi connectivity index (χ4n) is 1.78. The Hall–Kier alpha value is -0.0800. The van der Waals surface area contributed by atoms with Gasteiger partial charge in [0.05, 0.1) is 6.61 Å². The fourth-order valence-corrected chi connectivity index (χ4v) is 1.78. The molecule has 0 radical (unpaired) electrons. The molecule has 0 N–H and O–H groups in total. The Morgan fingerprint density at radius 3 is 2.62 bits per heavy atom. The highest BCUT2D eigenvalue weighted by atomic mass is 16.5. The van der Waals surface area contributed by atoms with Crippen molar-refractivity contribution in [1.82, 2.24) is 4.90 Å². The van der Waals surface area contributed by atoms with Gasteiger partial charge in [-0.2, -0.15) is 0 Å². The highest BCUT2D eigenvalue weighted by molar-refractivity contribution is 4.75. The molecule has 0 amide bonds. The molecule has 1 aliphatic heterocycles. The predicted octanol–water partition coefficient (Wildman–Crippen LogP) is 2.00. The van der Waals surface area contributed by atoms with Crippen molar-refractivity contribution in [2.24, 2.45) is 11.8 Å². The van der Waals surface area contributed by atoms with Gasteiger partial charge < -0.3 is 9.64 Å². The molecule has 0 unspecified atom stereocenters. The predicted molar refractivity (Wildman–Crippen MR) is 55.9 cm³/mol. The Morgan fingerprint density at radius 2 is 2.08 bits per heavy atom. The average molecular weight is 185 g/mol. The van der Waals surface area contributed by atoms with Crippen LogP contribution in [-0.4, -0.2) is 38.3 Å².